The van der Waals surface area contributed by atoms with E-state index in [-0.39, 0.29) is 12.3 Å². The van der Waals surface area contributed by atoms with E-state index in [1.54, 1.807) is 24.3 Å². The Hall–Kier alpha value is -3.00. The Kier molecular flexibility index (Phi) is 11.8. The molecule has 0 saturated carbocycles. The smallest absolute Gasteiger partial charge is 0.269 e. The second kappa shape index (κ2) is 13.3. The summed E-state index contributed by atoms with van der Waals surface area (Å²) in [6.07, 6.45) is 4.11. The molecule has 0 aliphatic rings. The zero-order valence-electron chi connectivity index (χ0n) is 15.0. The van der Waals surface area contributed by atoms with Crippen molar-refractivity contribution in [2.24, 2.45) is 0 Å². The average molecular weight is 364 g/mol. The molecule has 0 bridgehead atoms. The number of nitrogens with zero attached hydrogens (tertiary/aromatic N) is 2. The second-order valence-electron chi connectivity index (χ2n) is 4.66. The van der Waals surface area contributed by atoms with Gasteiger partial charge in [0, 0.05) is 30.1 Å². The van der Waals surface area contributed by atoms with Gasteiger partial charge in [0.05, 0.1) is 11.5 Å². The van der Waals surface area contributed by atoms with E-state index in [0.29, 0.717) is 29.9 Å². The molecule has 0 heterocycles. The maximum Gasteiger partial charge on any atom is 0.269 e. The average Bonchev–Trinajstić information content (AvgIpc) is 2.64. The van der Waals surface area contributed by atoms with Gasteiger partial charge in [-0.15, -0.1) is 0 Å². The van der Waals surface area contributed by atoms with Gasteiger partial charge in [-0.05, 0) is 29.3 Å². The summed E-state index contributed by atoms with van der Waals surface area (Å²) >= 11 is 0. The van der Waals surface area contributed by atoms with Gasteiger partial charge in [-0.2, -0.15) is 0 Å². The maximum absolute atomic E-state index is 10.9. The summed E-state index contributed by atoms with van der Waals surface area (Å²) in [5.41, 5.74) is 0.667. The predicted molar refractivity (Wildman–Crippen MR) is 100 cm³/mol. The Morgan fingerprint density at radius 3 is 2.31 bits per heavy atom. The maximum atomic E-state index is 10.9. The zero-order chi connectivity index (χ0) is 19.9. The van der Waals surface area contributed by atoms with Crippen molar-refractivity contribution in [2.75, 3.05) is 19.8 Å². The summed E-state index contributed by atoms with van der Waals surface area (Å²) in [7, 11) is 0. The molecule has 1 N–H and O–H groups in total. The molecule has 0 aliphatic carbocycles. The first kappa shape index (κ1) is 23.0. The lowest BCUT2D eigenvalue weighted by Crippen LogP contribution is -2.01. The summed E-state index contributed by atoms with van der Waals surface area (Å²) in [6.45, 7) is 7.31. The van der Waals surface area contributed by atoms with Gasteiger partial charge in [-0.3, -0.25) is 20.2 Å². The highest BCUT2D eigenvalue weighted by Crippen LogP contribution is 2.21. The molecular weight excluding hydrogens is 340 g/mol. The SMILES string of the molecule is C=C/C(=C\C(=C/C[N+](=O)[O-])c1ccc(OCCCO)cc1)[N+](=O)[O-].CC. The number of aliphatic hydroxyl groups is 1. The van der Waals surface area contributed by atoms with Crippen LogP contribution in [0.15, 0.2) is 54.8 Å². The van der Waals surface area contributed by atoms with Crippen LogP contribution in [0.1, 0.15) is 25.8 Å². The first-order valence-corrected chi connectivity index (χ1v) is 8.12. The van der Waals surface area contributed by atoms with Crippen LogP contribution in [0.25, 0.3) is 5.57 Å². The Morgan fingerprint density at radius 2 is 1.85 bits per heavy atom. The molecule has 0 aliphatic heterocycles. The van der Waals surface area contributed by atoms with Gasteiger partial charge >= 0.3 is 0 Å². The van der Waals surface area contributed by atoms with Gasteiger partial charge in [0.25, 0.3) is 5.70 Å². The Bertz CT molecular complexity index is 650. The van der Waals surface area contributed by atoms with Crippen molar-refractivity contribution in [1.82, 2.24) is 0 Å². The van der Waals surface area contributed by atoms with E-state index in [2.05, 4.69) is 6.58 Å². The third-order valence-electron chi connectivity index (χ3n) is 2.94. The number of ether oxygens (including phenoxy) is 1. The molecule has 0 atom stereocenters. The highest BCUT2D eigenvalue weighted by Gasteiger charge is 2.09. The van der Waals surface area contributed by atoms with Crippen LogP contribution in [0.2, 0.25) is 0 Å². The van der Waals surface area contributed by atoms with E-state index in [1.807, 2.05) is 13.8 Å². The van der Waals surface area contributed by atoms with Crippen LogP contribution >= 0.6 is 0 Å². The Balaban J connectivity index is 0.00000301. The standard InChI is InChI=1S/C16H18N2O6.C2H6/c1-2-15(18(22)23)12-14(8-9-17(20)21)13-4-6-16(7-5-13)24-11-3-10-19;1-2/h2,4-8,12,19H,1,3,9-11H2;1-2H3/b14-8+,15-12+;. The number of allylic oxidation sites excluding steroid dienone is 3. The lowest BCUT2D eigenvalue weighted by Gasteiger charge is -2.07. The van der Waals surface area contributed by atoms with Gasteiger partial charge in [-0.25, -0.2) is 0 Å². The van der Waals surface area contributed by atoms with Crippen LogP contribution in [-0.4, -0.2) is 34.7 Å². The Labute approximate surface area is 152 Å². The molecule has 1 aromatic carbocycles. The molecule has 0 unspecified atom stereocenters. The molecule has 26 heavy (non-hydrogen) atoms. The molecule has 142 valence electrons. The van der Waals surface area contributed by atoms with Crippen LogP contribution < -0.4 is 4.74 Å². The van der Waals surface area contributed by atoms with Crippen molar-refractivity contribution in [3.8, 4) is 5.75 Å². The molecule has 0 fully saturated rings. The van der Waals surface area contributed by atoms with E-state index in [0.717, 1.165) is 6.08 Å². The minimum atomic E-state index is -0.612. The van der Waals surface area contributed by atoms with Crippen molar-refractivity contribution in [3.05, 3.63) is 80.6 Å². The fraction of sp³-hybridized carbons (Fsp3) is 0.333. The van der Waals surface area contributed by atoms with Crippen molar-refractivity contribution in [1.29, 1.82) is 0 Å². The molecule has 8 heteroatoms. The number of rotatable bonds is 10. The quantitative estimate of drug-likeness (QED) is 0.294. The molecule has 1 rings (SSSR count). The fourth-order valence-corrected chi connectivity index (χ4v) is 1.78. The van der Waals surface area contributed by atoms with Gasteiger partial charge < -0.3 is 9.84 Å². The van der Waals surface area contributed by atoms with Crippen LogP contribution in [0, 0.1) is 20.2 Å². The molecule has 0 spiro atoms. The molecule has 0 aromatic heterocycles. The van der Waals surface area contributed by atoms with Crippen LogP contribution in [0.4, 0.5) is 0 Å². The molecule has 0 amide bonds. The highest BCUT2D eigenvalue weighted by molar-refractivity contribution is 5.75. The second-order valence-corrected chi connectivity index (χ2v) is 4.66. The van der Waals surface area contributed by atoms with E-state index >= 15 is 0 Å². The number of nitro groups is 2. The summed E-state index contributed by atoms with van der Waals surface area (Å²) < 4.78 is 5.39. The van der Waals surface area contributed by atoms with Gasteiger partial charge in [0.15, 0.2) is 0 Å². The largest absolute Gasteiger partial charge is 0.494 e. The third kappa shape index (κ3) is 8.74. The molecule has 0 radical (unpaired) electrons. The summed E-state index contributed by atoms with van der Waals surface area (Å²) in [5, 5.41) is 30.2. The van der Waals surface area contributed by atoms with Crippen molar-refractivity contribution >= 4 is 5.57 Å². The topological polar surface area (TPSA) is 116 Å². The van der Waals surface area contributed by atoms with Gasteiger partial charge in [-0.1, -0.05) is 32.6 Å². The number of hydrogen-bond acceptors (Lipinski definition) is 6. The number of aliphatic hydroxyl groups excluding tert-OH is 1. The number of benzene rings is 1. The highest BCUT2D eigenvalue weighted by atomic mass is 16.6. The first-order valence-electron chi connectivity index (χ1n) is 8.12. The van der Waals surface area contributed by atoms with Crippen molar-refractivity contribution in [3.63, 3.8) is 0 Å². The van der Waals surface area contributed by atoms with E-state index in [9.17, 15) is 20.2 Å². The Morgan fingerprint density at radius 1 is 1.23 bits per heavy atom. The number of hydrogen-bond donors (Lipinski definition) is 1. The van der Waals surface area contributed by atoms with E-state index < -0.39 is 16.4 Å². The monoisotopic (exact) mass is 364 g/mol. The normalized spacial score (nSPS) is 11.2. The molecule has 0 saturated heterocycles. The summed E-state index contributed by atoms with van der Waals surface area (Å²) in [5.74, 6) is 0.572. The van der Waals surface area contributed by atoms with Gasteiger partial charge in [0.2, 0.25) is 6.54 Å². The lowest BCUT2D eigenvalue weighted by molar-refractivity contribution is -0.468. The lowest BCUT2D eigenvalue weighted by atomic mass is 10.0. The minimum absolute atomic E-state index is 0.0296. The summed E-state index contributed by atoms with van der Waals surface area (Å²) in [4.78, 5) is 20.3. The minimum Gasteiger partial charge on any atom is -0.494 e. The molecule has 8 nitrogen and oxygen atoms in total. The van der Waals surface area contributed by atoms with Gasteiger partial charge in [0.1, 0.15) is 5.75 Å². The summed E-state index contributed by atoms with van der Waals surface area (Å²) in [6, 6.07) is 6.61. The van der Waals surface area contributed by atoms with Crippen molar-refractivity contribution < 1.29 is 19.7 Å². The first-order chi connectivity index (χ1) is 12.5. The predicted octanol–water partition coefficient (Wildman–Crippen LogP) is 3.48. The fourth-order valence-electron chi connectivity index (χ4n) is 1.78. The third-order valence-corrected chi connectivity index (χ3v) is 2.94. The van der Waals surface area contributed by atoms with Crippen LogP contribution in [-0.2, 0) is 0 Å². The van der Waals surface area contributed by atoms with Crippen molar-refractivity contribution in [2.45, 2.75) is 20.3 Å². The molecule has 1 aromatic rings. The zero-order valence-corrected chi connectivity index (χ0v) is 15.0. The van der Waals surface area contributed by atoms with E-state index in [1.165, 1.54) is 12.2 Å². The van der Waals surface area contributed by atoms with Crippen LogP contribution in [0.5, 0.6) is 5.75 Å². The molecular formula is C18H24N2O6. The van der Waals surface area contributed by atoms with Crippen LogP contribution in [0.3, 0.4) is 0 Å². The van der Waals surface area contributed by atoms with E-state index in [4.69, 9.17) is 9.84 Å².